The number of likely N-dealkylation sites (tertiary alicyclic amines) is 1. The number of nitrogens with one attached hydrogen (secondary N) is 2. The Morgan fingerprint density at radius 1 is 1.15 bits per heavy atom. The first-order valence-electron chi connectivity index (χ1n) is 9.80. The summed E-state index contributed by atoms with van der Waals surface area (Å²) in [7, 11) is 1.74. The van der Waals surface area contributed by atoms with Crippen molar-refractivity contribution in [2.24, 2.45) is 4.99 Å². The lowest BCUT2D eigenvalue weighted by molar-refractivity contribution is -0.153. The van der Waals surface area contributed by atoms with Gasteiger partial charge >= 0.3 is 5.97 Å². The number of piperidine rings is 1. The monoisotopic (exact) mass is 480 g/mol. The molecule has 1 unspecified atom stereocenters. The van der Waals surface area contributed by atoms with Crippen LogP contribution in [-0.2, 0) is 9.53 Å². The van der Waals surface area contributed by atoms with E-state index in [1.54, 1.807) is 7.05 Å². The Morgan fingerprint density at radius 3 is 2.46 bits per heavy atom. The minimum atomic E-state index is -0.459. The van der Waals surface area contributed by atoms with Crippen molar-refractivity contribution >= 4 is 35.9 Å². The molecular weight excluding hydrogens is 443 g/mol. The van der Waals surface area contributed by atoms with E-state index < -0.39 is 5.60 Å². The molecule has 1 saturated carbocycles. The molecule has 0 aromatic heterocycles. The lowest BCUT2D eigenvalue weighted by atomic mass is 9.92. The Labute approximate surface area is 175 Å². The quantitative estimate of drug-likeness (QED) is 0.281. The number of rotatable bonds is 4. The van der Waals surface area contributed by atoms with Crippen LogP contribution in [0.15, 0.2) is 4.99 Å². The highest BCUT2D eigenvalue weighted by Crippen LogP contribution is 2.25. The summed E-state index contributed by atoms with van der Waals surface area (Å²) in [6.07, 6.45) is 9.20. The number of aliphatic imine (C=N–C) groups is 1. The van der Waals surface area contributed by atoms with Gasteiger partial charge in [0.15, 0.2) is 5.96 Å². The topological polar surface area (TPSA) is 66.0 Å². The summed E-state index contributed by atoms with van der Waals surface area (Å²) >= 11 is 0. The number of guanidine groups is 1. The second-order valence-electron chi connectivity index (χ2n) is 8.28. The van der Waals surface area contributed by atoms with E-state index in [4.69, 9.17) is 4.74 Å². The number of carbonyl (C=O) groups excluding carboxylic acids is 1. The van der Waals surface area contributed by atoms with E-state index in [0.717, 1.165) is 19.0 Å². The second kappa shape index (κ2) is 11.3. The van der Waals surface area contributed by atoms with Gasteiger partial charge in [0.1, 0.15) is 12.1 Å². The van der Waals surface area contributed by atoms with Crippen molar-refractivity contribution in [1.82, 2.24) is 15.5 Å². The molecule has 1 aliphatic carbocycles. The molecule has 7 heteroatoms. The van der Waals surface area contributed by atoms with Gasteiger partial charge < -0.3 is 15.4 Å². The van der Waals surface area contributed by atoms with Gasteiger partial charge in [-0.15, -0.1) is 24.0 Å². The van der Waals surface area contributed by atoms with Gasteiger partial charge in [-0.05, 0) is 53.0 Å². The maximum absolute atomic E-state index is 11.9. The number of ether oxygens (including phenoxy) is 1. The summed E-state index contributed by atoms with van der Waals surface area (Å²) in [4.78, 5) is 18.8. The fourth-order valence-electron chi connectivity index (χ4n) is 3.82. The highest BCUT2D eigenvalue weighted by Gasteiger charge is 2.27. The molecule has 1 aliphatic heterocycles. The summed E-state index contributed by atoms with van der Waals surface area (Å²) in [6.45, 7) is 8.04. The van der Waals surface area contributed by atoms with Gasteiger partial charge in [-0.2, -0.15) is 0 Å². The number of nitrogens with zero attached hydrogens (tertiary/aromatic N) is 2. The van der Waals surface area contributed by atoms with E-state index in [9.17, 15) is 4.79 Å². The molecule has 2 aliphatic rings. The molecule has 2 fully saturated rings. The van der Waals surface area contributed by atoms with Crippen molar-refractivity contribution in [3.8, 4) is 0 Å². The molecular formula is C19H37IN4O2. The Hall–Kier alpha value is -0.570. The average Bonchev–Trinajstić information content (AvgIpc) is 2.58. The Morgan fingerprint density at radius 2 is 1.85 bits per heavy atom. The summed E-state index contributed by atoms with van der Waals surface area (Å²) in [6, 6.07) is 1.15. The molecule has 0 bridgehead atoms. The number of carbonyl (C=O) groups is 1. The molecule has 0 aromatic carbocycles. The van der Waals surface area contributed by atoms with E-state index in [1.165, 1.54) is 45.1 Å². The van der Waals surface area contributed by atoms with E-state index in [0.29, 0.717) is 12.0 Å². The van der Waals surface area contributed by atoms with Gasteiger partial charge in [-0.3, -0.25) is 14.7 Å². The molecule has 1 saturated heterocycles. The van der Waals surface area contributed by atoms with Crippen molar-refractivity contribution in [3.05, 3.63) is 0 Å². The molecule has 26 heavy (non-hydrogen) atoms. The number of halogens is 1. The average molecular weight is 480 g/mol. The van der Waals surface area contributed by atoms with E-state index in [2.05, 4.69) is 20.5 Å². The molecule has 0 aromatic rings. The standard InChI is InChI=1S/C19H36N4O2.HI/c1-19(2,3)25-17(24)13-21-18(20-4)22-15-9-8-12-23(14-15)16-10-6-5-7-11-16;/h15-16H,5-14H2,1-4H3,(H2,20,21,22);1H. The maximum atomic E-state index is 11.9. The number of hydrogen-bond acceptors (Lipinski definition) is 4. The normalized spacial score (nSPS) is 23.1. The van der Waals surface area contributed by atoms with Crippen LogP contribution < -0.4 is 10.6 Å². The molecule has 0 spiro atoms. The van der Waals surface area contributed by atoms with Crippen molar-refractivity contribution in [1.29, 1.82) is 0 Å². The van der Waals surface area contributed by atoms with Crippen LogP contribution >= 0.6 is 24.0 Å². The largest absolute Gasteiger partial charge is 0.459 e. The molecule has 152 valence electrons. The minimum absolute atomic E-state index is 0. The summed E-state index contributed by atoms with van der Waals surface area (Å²) in [5, 5.41) is 6.56. The zero-order chi connectivity index (χ0) is 18.3. The third-order valence-electron chi connectivity index (χ3n) is 4.93. The summed E-state index contributed by atoms with van der Waals surface area (Å²) < 4.78 is 5.33. The smallest absolute Gasteiger partial charge is 0.325 e. The van der Waals surface area contributed by atoms with Crippen molar-refractivity contribution in [3.63, 3.8) is 0 Å². The van der Waals surface area contributed by atoms with E-state index in [1.807, 2.05) is 20.8 Å². The fraction of sp³-hybridized carbons (Fsp3) is 0.895. The van der Waals surface area contributed by atoms with Crippen molar-refractivity contribution in [2.45, 2.75) is 83.4 Å². The first-order chi connectivity index (χ1) is 11.9. The Balaban J connectivity index is 0.00000338. The SMILES string of the molecule is CN=C(NCC(=O)OC(C)(C)C)NC1CCCN(C2CCCCC2)C1.I. The predicted molar refractivity (Wildman–Crippen MR) is 117 cm³/mol. The molecule has 2 N–H and O–H groups in total. The van der Waals surface area contributed by atoms with E-state index in [-0.39, 0.29) is 36.5 Å². The van der Waals surface area contributed by atoms with Gasteiger partial charge in [0, 0.05) is 25.7 Å². The Bertz CT molecular complexity index is 459. The lowest BCUT2D eigenvalue weighted by Crippen LogP contribution is -2.54. The van der Waals surface area contributed by atoms with Crippen LogP contribution in [-0.4, -0.2) is 61.2 Å². The Kier molecular flexibility index (Phi) is 10.2. The van der Waals surface area contributed by atoms with Gasteiger partial charge in [-0.25, -0.2) is 0 Å². The van der Waals surface area contributed by atoms with Gasteiger partial charge in [0.25, 0.3) is 0 Å². The molecule has 0 amide bonds. The minimum Gasteiger partial charge on any atom is -0.459 e. The van der Waals surface area contributed by atoms with E-state index >= 15 is 0 Å². The first kappa shape index (κ1) is 23.5. The van der Waals surface area contributed by atoms with Gasteiger partial charge in [0.05, 0.1) is 0 Å². The number of esters is 1. The third kappa shape index (κ3) is 8.41. The highest BCUT2D eigenvalue weighted by molar-refractivity contribution is 14.0. The zero-order valence-electron chi connectivity index (χ0n) is 16.8. The second-order valence-corrected chi connectivity index (χ2v) is 8.28. The van der Waals surface area contributed by atoms with Crippen LogP contribution in [0, 0.1) is 0 Å². The van der Waals surface area contributed by atoms with Crippen LogP contribution in [0.4, 0.5) is 0 Å². The maximum Gasteiger partial charge on any atom is 0.325 e. The predicted octanol–water partition coefficient (Wildman–Crippen LogP) is 2.91. The molecule has 1 atom stereocenters. The van der Waals surface area contributed by atoms with Crippen molar-refractivity contribution < 1.29 is 9.53 Å². The van der Waals surface area contributed by atoms with Crippen LogP contribution in [0.25, 0.3) is 0 Å². The third-order valence-corrected chi connectivity index (χ3v) is 4.93. The summed E-state index contributed by atoms with van der Waals surface area (Å²) in [5.74, 6) is 0.421. The molecule has 2 rings (SSSR count). The summed E-state index contributed by atoms with van der Waals surface area (Å²) in [5.41, 5.74) is -0.459. The number of hydrogen-bond donors (Lipinski definition) is 2. The van der Waals surface area contributed by atoms with Crippen LogP contribution in [0.3, 0.4) is 0 Å². The lowest BCUT2D eigenvalue weighted by Gasteiger charge is -2.40. The zero-order valence-corrected chi connectivity index (χ0v) is 19.2. The van der Waals surface area contributed by atoms with Gasteiger partial charge in [-0.1, -0.05) is 19.3 Å². The van der Waals surface area contributed by atoms with Crippen LogP contribution in [0.1, 0.15) is 65.7 Å². The van der Waals surface area contributed by atoms with Crippen molar-refractivity contribution in [2.75, 3.05) is 26.7 Å². The fourth-order valence-corrected chi connectivity index (χ4v) is 3.82. The highest BCUT2D eigenvalue weighted by atomic mass is 127. The molecule has 0 radical (unpaired) electrons. The molecule has 6 nitrogen and oxygen atoms in total. The first-order valence-corrected chi connectivity index (χ1v) is 9.80. The molecule has 1 heterocycles. The van der Waals surface area contributed by atoms with Gasteiger partial charge in [0.2, 0.25) is 0 Å². The van der Waals surface area contributed by atoms with Crippen LogP contribution in [0.2, 0.25) is 0 Å². The van der Waals surface area contributed by atoms with Crippen LogP contribution in [0.5, 0.6) is 0 Å².